The van der Waals surface area contributed by atoms with E-state index in [0.29, 0.717) is 21.5 Å². The van der Waals surface area contributed by atoms with Crippen LogP contribution in [-0.2, 0) is 11.5 Å². The fraction of sp³-hybridized carbons (Fsp3) is 0.143. The Bertz CT molecular complexity index is 593. The predicted octanol–water partition coefficient (Wildman–Crippen LogP) is 5.92. The third kappa shape index (κ3) is 3.31. The van der Waals surface area contributed by atoms with Crippen LogP contribution in [0.4, 0.5) is 13.2 Å². The van der Waals surface area contributed by atoms with E-state index in [9.17, 15) is 13.2 Å². The highest BCUT2D eigenvalue weighted by Crippen LogP contribution is 2.34. The van der Waals surface area contributed by atoms with Crippen molar-refractivity contribution < 1.29 is 13.2 Å². The molecule has 0 spiro atoms. The summed E-state index contributed by atoms with van der Waals surface area (Å²) in [4.78, 5) is 0. The van der Waals surface area contributed by atoms with Gasteiger partial charge in [-0.2, -0.15) is 13.2 Å². The summed E-state index contributed by atoms with van der Waals surface area (Å²) >= 11 is 9.41. The Kier molecular flexibility index (Phi) is 4.21. The largest absolute Gasteiger partial charge is 0.416 e. The van der Waals surface area contributed by atoms with Crippen LogP contribution in [0.3, 0.4) is 0 Å². The number of hydrogen-bond donors (Lipinski definition) is 0. The van der Waals surface area contributed by atoms with Gasteiger partial charge in [0, 0.05) is 15.9 Å². The van der Waals surface area contributed by atoms with E-state index in [1.165, 1.54) is 6.07 Å². The van der Waals surface area contributed by atoms with Gasteiger partial charge in [-0.25, -0.2) is 0 Å². The first kappa shape index (κ1) is 14.4. The molecule has 0 saturated heterocycles. The van der Waals surface area contributed by atoms with Crippen LogP contribution in [0.15, 0.2) is 42.5 Å². The van der Waals surface area contributed by atoms with Gasteiger partial charge in [0.05, 0.1) is 5.56 Å². The van der Waals surface area contributed by atoms with Gasteiger partial charge in [-0.05, 0) is 29.3 Å². The first-order valence-electron chi connectivity index (χ1n) is 5.44. The second-order valence-electron chi connectivity index (χ2n) is 4.03. The minimum Gasteiger partial charge on any atom is -0.166 e. The molecule has 100 valence electrons. The van der Waals surface area contributed by atoms with Crippen LogP contribution < -0.4 is 0 Å². The molecule has 0 radical (unpaired) electrons. The highest BCUT2D eigenvalue weighted by molar-refractivity contribution is 9.08. The minimum atomic E-state index is -4.35. The van der Waals surface area contributed by atoms with Crippen LogP contribution in [0.1, 0.15) is 11.1 Å². The maximum Gasteiger partial charge on any atom is 0.416 e. The smallest absolute Gasteiger partial charge is 0.166 e. The maximum absolute atomic E-state index is 12.7. The van der Waals surface area contributed by atoms with E-state index < -0.39 is 11.7 Å². The molecule has 0 amide bonds. The second kappa shape index (κ2) is 5.55. The van der Waals surface area contributed by atoms with Crippen LogP contribution in [-0.4, -0.2) is 0 Å². The highest BCUT2D eigenvalue weighted by atomic mass is 79.9. The van der Waals surface area contributed by atoms with E-state index in [1.54, 1.807) is 18.2 Å². The van der Waals surface area contributed by atoms with Crippen LogP contribution in [0.5, 0.6) is 0 Å². The first-order chi connectivity index (χ1) is 8.91. The van der Waals surface area contributed by atoms with Crippen LogP contribution in [0.25, 0.3) is 11.1 Å². The summed E-state index contributed by atoms with van der Waals surface area (Å²) in [7, 11) is 0. The van der Waals surface area contributed by atoms with Gasteiger partial charge in [-0.3, -0.25) is 0 Å². The lowest BCUT2D eigenvalue weighted by Gasteiger charge is -2.10. The van der Waals surface area contributed by atoms with Crippen molar-refractivity contribution in [1.82, 2.24) is 0 Å². The van der Waals surface area contributed by atoms with Crippen molar-refractivity contribution in [2.24, 2.45) is 0 Å². The fourth-order valence-electron chi connectivity index (χ4n) is 1.74. The fourth-order valence-corrected chi connectivity index (χ4v) is 2.40. The predicted molar refractivity (Wildman–Crippen MR) is 74.5 cm³/mol. The number of rotatable bonds is 2. The molecular formula is C14H9BrClF3. The van der Waals surface area contributed by atoms with Crippen molar-refractivity contribution in [3.63, 3.8) is 0 Å². The third-order valence-electron chi connectivity index (χ3n) is 2.69. The van der Waals surface area contributed by atoms with Crippen molar-refractivity contribution >= 4 is 27.5 Å². The number of alkyl halides is 4. The summed E-state index contributed by atoms with van der Waals surface area (Å²) in [5.41, 5.74) is 1.35. The van der Waals surface area contributed by atoms with Crippen molar-refractivity contribution in [2.75, 3.05) is 0 Å². The zero-order valence-corrected chi connectivity index (χ0v) is 12.0. The van der Waals surface area contributed by atoms with Crippen LogP contribution in [0.2, 0.25) is 5.02 Å². The first-order valence-corrected chi connectivity index (χ1v) is 6.94. The Labute approximate surface area is 122 Å². The Morgan fingerprint density at radius 3 is 2.37 bits per heavy atom. The third-order valence-corrected chi connectivity index (χ3v) is 3.65. The standard InChI is InChI=1S/C14H9BrClF3/c15-8-9-4-5-12(13(16)6-9)10-2-1-3-11(7-10)14(17,18)19/h1-7H,8H2. The zero-order valence-electron chi connectivity index (χ0n) is 9.64. The molecule has 2 aromatic carbocycles. The normalized spacial score (nSPS) is 11.6. The topological polar surface area (TPSA) is 0 Å². The molecule has 0 bridgehead atoms. The molecule has 2 aromatic rings. The Hall–Kier alpha value is -1.000. The molecule has 0 N–H and O–H groups in total. The van der Waals surface area contributed by atoms with E-state index in [-0.39, 0.29) is 0 Å². The molecule has 0 aliphatic carbocycles. The minimum absolute atomic E-state index is 0.441. The van der Waals surface area contributed by atoms with Crippen LogP contribution in [0, 0.1) is 0 Å². The molecule has 0 nitrogen and oxygen atoms in total. The van der Waals surface area contributed by atoms with E-state index in [0.717, 1.165) is 17.7 Å². The average molecular weight is 350 g/mol. The Morgan fingerprint density at radius 1 is 1.05 bits per heavy atom. The van der Waals surface area contributed by atoms with Crippen molar-refractivity contribution in [2.45, 2.75) is 11.5 Å². The quantitative estimate of drug-likeness (QED) is 0.590. The Balaban J connectivity index is 2.48. The molecule has 0 atom stereocenters. The highest BCUT2D eigenvalue weighted by Gasteiger charge is 2.30. The molecule has 0 unspecified atom stereocenters. The van der Waals surface area contributed by atoms with Crippen molar-refractivity contribution in [3.05, 3.63) is 58.6 Å². The molecule has 0 fully saturated rings. The van der Waals surface area contributed by atoms with Crippen LogP contribution >= 0.6 is 27.5 Å². The zero-order chi connectivity index (χ0) is 14.0. The van der Waals surface area contributed by atoms with Gasteiger partial charge in [-0.15, -0.1) is 0 Å². The molecular weight excluding hydrogens is 341 g/mol. The van der Waals surface area contributed by atoms with Gasteiger partial charge in [0.1, 0.15) is 0 Å². The number of benzene rings is 2. The summed E-state index contributed by atoms with van der Waals surface area (Å²) in [6, 6.07) is 10.5. The van der Waals surface area contributed by atoms with E-state index in [2.05, 4.69) is 15.9 Å². The molecule has 0 saturated carbocycles. The SMILES string of the molecule is FC(F)(F)c1cccc(-c2ccc(CBr)cc2Cl)c1. The second-order valence-corrected chi connectivity index (χ2v) is 4.99. The summed E-state index contributed by atoms with van der Waals surface area (Å²) in [6.45, 7) is 0. The lowest BCUT2D eigenvalue weighted by molar-refractivity contribution is -0.137. The van der Waals surface area contributed by atoms with E-state index in [1.807, 2.05) is 6.07 Å². The molecule has 0 aliphatic rings. The van der Waals surface area contributed by atoms with Gasteiger partial charge in [0.2, 0.25) is 0 Å². The van der Waals surface area contributed by atoms with Gasteiger partial charge in [-0.1, -0.05) is 51.8 Å². The molecule has 5 heteroatoms. The van der Waals surface area contributed by atoms with Gasteiger partial charge in [0.15, 0.2) is 0 Å². The lowest BCUT2D eigenvalue weighted by atomic mass is 10.0. The van der Waals surface area contributed by atoms with Crippen molar-refractivity contribution in [3.8, 4) is 11.1 Å². The van der Waals surface area contributed by atoms with Gasteiger partial charge >= 0.3 is 6.18 Å². The molecule has 0 heterocycles. The summed E-state index contributed by atoms with van der Waals surface area (Å²) in [5, 5.41) is 1.09. The average Bonchev–Trinajstić information content (AvgIpc) is 2.37. The van der Waals surface area contributed by atoms with E-state index >= 15 is 0 Å². The molecule has 19 heavy (non-hydrogen) atoms. The number of hydrogen-bond acceptors (Lipinski definition) is 0. The monoisotopic (exact) mass is 348 g/mol. The lowest BCUT2D eigenvalue weighted by Crippen LogP contribution is -2.04. The van der Waals surface area contributed by atoms with Crippen molar-refractivity contribution in [1.29, 1.82) is 0 Å². The molecule has 2 rings (SSSR count). The summed E-state index contributed by atoms with van der Waals surface area (Å²) in [5.74, 6) is 0. The van der Waals surface area contributed by atoms with E-state index in [4.69, 9.17) is 11.6 Å². The number of halogens is 5. The summed E-state index contributed by atoms with van der Waals surface area (Å²) < 4.78 is 38.0. The Morgan fingerprint density at radius 2 is 1.79 bits per heavy atom. The molecule has 0 aliphatic heterocycles. The maximum atomic E-state index is 12.7. The molecule has 0 aromatic heterocycles. The summed E-state index contributed by atoms with van der Waals surface area (Å²) in [6.07, 6.45) is -4.35. The van der Waals surface area contributed by atoms with Gasteiger partial charge < -0.3 is 0 Å². The van der Waals surface area contributed by atoms with Gasteiger partial charge in [0.25, 0.3) is 0 Å².